The van der Waals surface area contributed by atoms with Gasteiger partial charge in [0.2, 0.25) is 0 Å². The van der Waals surface area contributed by atoms with E-state index in [1.807, 2.05) is 54.6 Å². The van der Waals surface area contributed by atoms with E-state index in [0.717, 1.165) is 27.7 Å². The monoisotopic (exact) mass is 651 g/mol. The van der Waals surface area contributed by atoms with Gasteiger partial charge in [-0.3, -0.25) is 19.5 Å². The Morgan fingerprint density at radius 1 is 1.09 bits per heavy atom. The molecule has 1 aliphatic heterocycles. The van der Waals surface area contributed by atoms with E-state index in [0.29, 0.717) is 5.56 Å². The maximum atomic E-state index is 13.8. The van der Waals surface area contributed by atoms with Crippen LogP contribution >= 0.6 is 11.3 Å². The van der Waals surface area contributed by atoms with Crippen LogP contribution in [-0.2, 0) is 16.1 Å². The third-order valence-electron chi connectivity index (χ3n) is 7.80. The lowest BCUT2D eigenvalue weighted by Gasteiger charge is -2.23. The Morgan fingerprint density at radius 2 is 1.83 bits per heavy atom. The summed E-state index contributed by atoms with van der Waals surface area (Å²) in [5, 5.41) is 24.8. The molecule has 238 valence electrons. The highest BCUT2D eigenvalue weighted by Gasteiger charge is 2.36. The predicted octanol–water partition coefficient (Wildman–Crippen LogP) is 5.26. The fourth-order valence-corrected chi connectivity index (χ4v) is 6.58. The molecule has 4 aromatic carbocycles. The minimum absolute atomic E-state index is 0.00828. The molecule has 12 heteroatoms. The van der Waals surface area contributed by atoms with E-state index < -0.39 is 22.5 Å². The van der Waals surface area contributed by atoms with Gasteiger partial charge in [0.05, 0.1) is 40.4 Å². The number of methoxy groups -OCH3 is 1. The number of aromatic nitrogens is 1. The zero-order valence-corrected chi connectivity index (χ0v) is 26.4. The number of benzene rings is 4. The highest BCUT2D eigenvalue weighted by molar-refractivity contribution is 7.07. The summed E-state index contributed by atoms with van der Waals surface area (Å²) in [7, 11) is 1.41. The number of ether oxygens (including phenoxy) is 3. The lowest BCUT2D eigenvalue weighted by molar-refractivity contribution is -0.385. The second-order valence-corrected chi connectivity index (χ2v) is 11.6. The van der Waals surface area contributed by atoms with Crippen molar-refractivity contribution in [2.45, 2.75) is 26.5 Å². The molecule has 1 aliphatic rings. The van der Waals surface area contributed by atoms with Crippen LogP contribution in [0.1, 0.15) is 36.6 Å². The van der Waals surface area contributed by atoms with Gasteiger partial charge in [0.25, 0.3) is 11.2 Å². The number of nitrogens with zero attached hydrogens (tertiary/aromatic N) is 3. The molecule has 0 aliphatic carbocycles. The molecule has 0 saturated carbocycles. The van der Waals surface area contributed by atoms with Crippen molar-refractivity contribution in [2.24, 2.45) is 4.99 Å². The van der Waals surface area contributed by atoms with E-state index in [-0.39, 0.29) is 62.3 Å². The summed E-state index contributed by atoms with van der Waals surface area (Å²) in [5.74, 6) is -0.434. The van der Waals surface area contributed by atoms with Crippen LogP contribution in [0.4, 0.5) is 5.69 Å². The summed E-state index contributed by atoms with van der Waals surface area (Å²) < 4.78 is 18.4. The lowest BCUT2D eigenvalue weighted by Crippen LogP contribution is -2.35. The fourth-order valence-electron chi connectivity index (χ4n) is 5.56. The Labute approximate surface area is 272 Å². The summed E-state index contributed by atoms with van der Waals surface area (Å²) >= 11 is 1.04. The largest absolute Gasteiger partial charge is 0.507 e. The van der Waals surface area contributed by atoms with Crippen molar-refractivity contribution < 1.29 is 29.0 Å². The molecule has 0 saturated heterocycles. The van der Waals surface area contributed by atoms with Crippen molar-refractivity contribution in [3.05, 3.63) is 131 Å². The maximum absolute atomic E-state index is 13.8. The van der Waals surface area contributed by atoms with E-state index in [1.165, 1.54) is 23.8 Å². The third-order valence-corrected chi connectivity index (χ3v) is 8.79. The number of rotatable bonds is 9. The fraction of sp³-hybridized carbons (Fsp3) is 0.171. The Kier molecular flexibility index (Phi) is 8.59. The summed E-state index contributed by atoms with van der Waals surface area (Å²) in [6, 6.07) is 21.6. The Balaban J connectivity index is 1.54. The molecule has 0 radical (unpaired) electrons. The number of carbonyl (C=O) groups is 1. The van der Waals surface area contributed by atoms with Crippen LogP contribution < -0.4 is 24.4 Å². The minimum atomic E-state index is -1.21. The van der Waals surface area contributed by atoms with Crippen LogP contribution in [0.25, 0.3) is 22.5 Å². The maximum Gasteiger partial charge on any atom is 0.338 e. The van der Waals surface area contributed by atoms with Gasteiger partial charge < -0.3 is 19.3 Å². The SMILES string of the molecule is CCOC(=O)C1=C(C)n2c(s/c(=C\c3c(O)ccc4ccccc34)c2=O)=N[C@H]1c1cc(OC)c(OCc2ccccc2)cc1[N+](=O)[O-]. The first-order chi connectivity index (χ1) is 22.7. The van der Waals surface area contributed by atoms with Crippen LogP contribution in [0.2, 0.25) is 0 Å². The van der Waals surface area contributed by atoms with Crippen molar-refractivity contribution >= 4 is 45.5 Å². The molecule has 6 rings (SSSR count). The van der Waals surface area contributed by atoms with Crippen molar-refractivity contribution in [1.29, 1.82) is 0 Å². The molecule has 2 heterocycles. The van der Waals surface area contributed by atoms with Gasteiger partial charge in [0.1, 0.15) is 18.4 Å². The second kappa shape index (κ2) is 12.9. The van der Waals surface area contributed by atoms with Gasteiger partial charge in [0.15, 0.2) is 16.3 Å². The van der Waals surface area contributed by atoms with Gasteiger partial charge in [-0.15, -0.1) is 0 Å². The number of carbonyl (C=O) groups excluding carboxylic acids is 1. The van der Waals surface area contributed by atoms with Gasteiger partial charge in [-0.25, -0.2) is 9.79 Å². The quantitative estimate of drug-likeness (QED) is 0.129. The number of fused-ring (bicyclic) bond motifs is 2. The summed E-state index contributed by atoms with van der Waals surface area (Å²) in [6.45, 7) is 3.39. The molecular weight excluding hydrogens is 622 g/mol. The first-order valence-electron chi connectivity index (χ1n) is 14.6. The smallest absolute Gasteiger partial charge is 0.338 e. The highest BCUT2D eigenvalue weighted by Crippen LogP contribution is 2.43. The lowest BCUT2D eigenvalue weighted by atomic mass is 9.94. The number of nitro groups is 1. The molecule has 47 heavy (non-hydrogen) atoms. The molecule has 0 bridgehead atoms. The number of nitro benzene ring substituents is 1. The zero-order chi connectivity index (χ0) is 33.2. The topological polar surface area (TPSA) is 142 Å². The van der Waals surface area contributed by atoms with E-state index in [9.17, 15) is 24.8 Å². The molecule has 0 amide bonds. The second-order valence-electron chi connectivity index (χ2n) is 10.6. The summed E-state index contributed by atoms with van der Waals surface area (Å²) in [6.07, 6.45) is 1.59. The molecule has 1 atom stereocenters. The zero-order valence-electron chi connectivity index (χ0n) is 25.6. The van der Waals surface area contributed by atoms with Gasteiger partial charge in [-0.1, -0.05) is 72.0 Å². The summed E-state index contributed by atoms with van der Waals surface area (Å²) in [5.41, 5.74) is 0.751. The molecule has 0 fully saturated rings. The van der Waals surface area contributed by atoms with Gasteiger partial charge in [0, 0.05) is 11.3 Å². The van der Waals surface area contributed by atoms with Crippen LogP contribution in [0.3, 0.4) is 0 Å². The number of thiazole rings is 1. The Hall–Kier alpha value is -5.75. The van der Waals surface area contributed by atoms with E-state index in [2.05, 4.69) is 0 Å². The van der Waals surface area contributed by atoms with Crippen LogP contribution in [0.15, 0.2) is 94.2 Å². The highest BCUT2D eigenvalue weighted by atomic mass is 32.1. The van der Waals surface area contributed by atoms with Crippen LogP contribution in [-0.4, -0.2) is 34.3 Å². The number of aromatic hydroxyl groups is 1. The van der Waals surface area contributed by atoms with Gasteiger partial charge in [-0.2, -0.15) is 0 Å². The van der Waals surface area contributed by atoms with E-state index in [4.69, 9.17) is 19.2 Å². The van der Waals surface area contributed by atoms with Crippen molar-refractivity contribution in [2.75, 3.05) is 13.7 Å². The third kappa shape index (κ3) is 5.86. The molecule has 1 aromatic heterocycles. The average Bonchev–Trinajstić information content (AvgIpc) is 3.39. The van der Waals surface area contributed by atoms with E-state index in [1.54, 1.807) is 32.1 Å². The summed E-state index contributed by atoms with van der Waals surface area (Å²) in [4.78, 5) is 44.1. The normalized spacial score (nSPS) is 14.4. The standard InChI is InChI=1S/C35H29N3O8S/c1-4-45-34(41)31-20(2)37-33(40)30(17-24-23-13-9-8-12-22(23)14-15-27(24)39)47-35(37)36-32(31)25-16-28(44-3)29(18-26(25)38(42)43)46-19-21-10-6-5-7-11-21/h5-18,32,39H,4,19H2,1-3H3/b30-17-/t32-/m0/s1. The number of allylic oxidation sites excluding steroid dienone is 1. The number of esters is 1. The predicted molar refractivity (Wildman–Crippen MR) is 177 cm³/mol. The number of phenolic OH excluding ortho intramolecular Hbond substituents is 1. The molecule has 0 unspecified atom stereocenters. The van der Waals surface area contributed by atoms with Gasteiger partial charge in [-0.05, 0) is 48.4 Å². The molecule has 0 spiro atoms. The Bertz CT molecular complexity index is 2260. The number of hydrogen-bond acceptors (Lipinski definition) is 10. The van der Waals surface area contributed by atoms with E-state index >= 15 is 0 Å². The average molecular weight is 652 g/mol. The van der Waals surface area contributed by atoms with Crippen LogP contribution in [0, 0.1) is 10.1 Å². The Morgan fingerprint density at radius 3 is 2.55 bits per heavy atom. The van der Waals surface area contributed by atoms with Crippen molar-refractivity contribution in [3.63, 3.8) is 0 Å². The number of phenols is 1. The molecule has 11 nitrogen and oxygen atoms in total. The minimum Gasteiger partial charge on any atom is -0.507 e. The van der Waals surface area contributed by atoms with Crippen molar-refractivity contribution in [1.82, 2.24) is 4.57 Å². The molecular formula is C35H29N3O8S. The van der Waals surface area contributed by atoms with Gasteiger partial charge >= 0.3 is 5.97 Å². The first kappa shape index (κ1) is 31.2. The molecule has 1 N–H and O–H groups in total. The van der Waals surface area contributed by atoms with Crippen molar-refractivity contribution in [3.8, 4) is 17.2 Å². The first-order valence-corrected chi connectivity index (χ1v) is 15.5. The molecule has 5 aromatic rings. The van der Waals surface area contributed by atoms with Crippen LogP contribution in [0.5, 0.6) is 17.2 Å². The number of hydrogen-bond donors (Lipinski definition) is 1.